The molecule has 0 aliphatic heterocycles. The van der Waals surface area contributed by atoms with Gasteiger partial charge in [-0.15, -0.1) is 0 Å². The summed E-state index contributed by atoms with van der Waals surface area (Å²) in [6.07, 6.45) is 7.24. The van der Waals surface area contributed by atoms with Crippen molar-refractivity contribution in [1.29, 1.82) is 0 Å². The summed E-state index contributed by atoms with van der Waals surface area (Å²) in [4.78, 5) is 4.87. The molecule has 0 radical (unpaired) electrons. The first-order chi connectivity index (χ1) is 13.8. The Bertz CT molecular complexity index is 1390. The van der Waals surface area contributed by atoms with E-state index < -0.39 is 0 Å². The first-order valence-corrected chi connectivity index (χ1v) is 10.3. The van der Waals surface area contributed by atoms with Gasteiger partial charge < -0.3 is 0 Å². The first-order valence-electron chi connectivity index (χ1n) is 10.3. The molecule has 3 aromatic heterocycles. The Labute approximate surface area is 164 Å². The third-order valence-corrected chi connectivity index (χ3v) is 6.74. The van der Waals surface area contributed by atoms with Crippen molar-refractivity contribution in [3.63, 3.8) is 0 Å². The SMILES string of the molecule is Cc1ccnc2c3cccc(C4CCCC4)c3n3c4ccccc4[n+](C)c3c12. The first kappa shape index (κ1) is 16.1. The fourth-order valence-electron chi connectivity index (χ4n) is 5.43. The maximum Gasteiger partial charge on any atom is 0.297 e. The van der Waals surface area contributed by atoms with E-state index in [0.29, 0.717) is 5.92 Å². The normalized spacial score (nSPS) is 15.5. The molecule has 138 valence electrons. The van der Waals surface area contributed by atoms with E-state index in [1.807, 2.05) is 6.20 Å². The molecule has 28 heavy (non-hydrogen) atoms. The number of nitrogens with zero attached hydrogens (tertiary/aromatic N) is 3. The van der Waals surface area contributed by atoms with Crippen LogP contribution in [0.3, 0.4) is 0 Å². The molecule has 3 heterocycles. The van der Waals surface area contributed by atoms with E-state index in [2.05, 4.69) is 71.5 Å². The molecule has 0 saturated heterocycles. The zero-order valence-corrected chi connectivity index (χ0v) is 16.4. The van der Waals surface area contributed by atoms with Gasteiger partial charge in [-0.2, -0.15) is 4.40 Å². The maximum absolute atomic E-state index is 4.87. The summed E-state index contributed by atoms with van der Waals surface area (Å²) in [6.45, 7) is 2.20. The average molecular weight is 366 g/mol. The van der Waals surface area contributed by atoms with Crippen molar-refractivity contribution >= 4 is 38.5 Å². The molecule has 0 amide bonds. The molecular weight excluding hydrogens is 342 g/mol. The Morgan fingerprint density at radius 2 is 1.82 bits per heavy atom. The fraction of sp³-hybridized carbons (Fsp3) is 0.280. The van der Waals surface area contributed by atoms with Crippen LogP contribution in [0.1, 0.15) is 42.7 Å². The number of hydrogen-bond donors (Lipinski definition) is 0. The van der Waals surface area contributed by atoms with Gasteiger partial charge in [0.15, 0.2) is 11.0 Å². The van der Waals surface area contributed by atoms with E-state index >= 15 is 0 Å². The lowest BCUT2D eigenvalue weighted by Gasteiger charge is -2.14. The van der Waals surface area contributed by atoms with Gasteiger partial charge in [0.25, 0.3) is 5.65 Å². The summed E-state index contributed by atoms with van der Waals surface area (Å²) in [5, 5.41) is 2.54. The average Bonchev–Trinajstić information content (AvgIpc) is 3.35. The molecule has 0 bridgehead atoms. The minimum atomic E-state index is 0.653. The zero-order valence-electron chi connectivity index (χ0n) is 16.4. The highest BCUT2D eigenvalue weighted by atomic mass is 15.1. The second-order valence-corrected chi connectivity index (χ2v) is 8.28. The lowest BCUT2D eigenvalue weighted by Crippen LogP contribution is -2.27. The monoisotopic (exact) mass is 366 g/mol. The summed E-state index contributed by atoms with van der Waals surface area (Å²) in [5.74, 6) is 0.653. The number of aryl methyl sites for hydroxylation is 2. The van der Waals surface area contributed by atoms with Gasteiger partial charge >= 0.3 is 0 Å². The van der Waals surface area contributed by atoms with Crippen molar-refractivity contribution in [1.82, 2.24) is 9.38 Å². The molecule has 0 N–H and O–H groups in total. The van der Waals surface area contributed by atoms with Crippen LogP contribution in [0.25, 0.3) is 38.5 Å². The third kappa shape index (κ3) is 1.99. The highest BCUT2D eigenvalue weighted by Gasteiger charge is 2.28. The number of pyridine rings is 2. The molecule has 3 heteroatoms. The van der Waals surface area contributed by atoms with Crippen LogP contribution in [0.15, 0.2) is 54.7 Å². The summed E-state index contributed by atoms with van der Waals surface area (Å²) in [5.41, 5.74) is 9.04. The molecule has 1 aliphatic rings. The van der Waals surface area contributed by atoms with E-state index in [1.54, 1.807) is 0 Å². The number of fused-ring (bicyclic) bond motifs is 8. The largest absolute Gasteiger partial charge is 0.297 e. The predicted molar refractivity (Wildman–Crippen MR) is 115 cm³/mol. The van der Waals surface area contributed by atoms with Crippen molar-refractivity contribution in [3.8, 4) is 0 Å². The van der Waals surface area contributed by atoms with Gasteiger partial charge in [0, 0.05) is 17.1 Å². The fourth-order valence-corrected chi connectivity index (χ4v) is 5.43. The van der Waals surface area contributed by atoms with Crippen molar-refractivity contribution in [2.24, 2.45) is 7.05 Å². The second kappa shape index (κ2) is 5.78. The van der Waals surface area contributed by atoms with E-state index in [1.165, 1.54) is 69.8 Å². The molecule has 2 aromatic carbocycles. The molecule has 0 spiro atoms. The number of para-hydroxylation sites is 3. The molecule has 0 unspecified atom stereocenters. The molecule has 3 nitrogen and oxygen atoms in total. The summed E-state index contributed by atoms with van der Waals surface area (Å²) in [6, 6.07) is 17.7. The van der Waals surface area contributed by atoms with Gasteiger partial charge in [-0.25, -0.2) is 4.57 Å². The van der Waals surface area contributed by atoms with Crippen LogP contribution < -0.4 is 4.57 Å². The molecule has 0 atom stereocenters. The second-order valence-electron chi connectivity index (χ2n) is 8.28. The van der Waals surface area contributed by atoms with Gasteiger partial charge in [-0.05, 0) is 55.5 Å². The Morgan fingerprint density at radius 3 is 2.68 bits per heavy atom. The van der Waals surface area contributed by atoms with E-state index in [0.717, 1.165) is 5.52 Å². The van der Waals surface area contributed by atoms with Crippen molar-refractivity contribution in [2.75, 3.05) is 0 Å². The highest BCUT2D eigenvalue weighted by Crippen LogP contribution is 2.40. The van der Waals surface area contributed by atoms with Gasteiger partial charge in [0.05, 0.1) is 18.0 Å². The maximum atomic E-state index is 4.87. The Hall–Kier alpha value is -2.94. The Balaban J connectivity index is 1.97. The topological polar surface area (TPSA) is 21.2 Å². The number of benzene rings is 2. The highest BCUT2D eigenvalue weighted by molar-refractivity contribution is 6.12. The van der Waals surface area contributed by atoms with E-state index in [9.17, 15) is 0 Å². The number of rotatable bonds is 1. The number of hydrogen-bond acceptors (Lipinski definition) is 1. The molecule has 1 aliphatic carbocycles. The molecule has 1 fully saturated rings. The van der Waals surface area contributed by atoms with Crippen LogP contribution in [0, 0.1) is 6.92 Å². The minimum Gasteiger partial charge on any atom is -0.255 e. The smallest absolute Gasteiger partial charge is 0.255 e. The van der Waals surface area contributed by atoms with E-state index in [4.69, 9.17) is 4.98 Å². The van der Waals surface area contributed by atoms with Crippen LogP contribution in [-0.2, 0) is 7.05 Å². The van der Waals surface area contributed by atoms with Gasteiger partial charge in [-0.3, -0.25) is 4.98 Å². The summed E-state index contributed by atoms with van der Waals surface area (Å²) in [7, 11) is 2.19. The lowest BCUT2D eigenvalue weighted by atomic mass is 9.93. The van der Waals surface area contributed by atoms with E-state index in [-0.39, 0.29) is 0 Å². The molecular formula is C25H24N3+. The molecule has 5 aromatic rings. The number of aromatic nitrogens is 3. The number of imidazole rings is 1. The zero-order chi connectivity index (χ0) is 18.8. The quantitative estimate of drug-likeness (QED) is 0.280. The van der Waals surface area contributed by atoms with Crippen molar-refractivity contribution in [2.45, 2.75) is 38.5 Å². The molecule has 6 rings (SSSR count). The lowest BCUT2D eigenvalue weighted by molar-refractivity contribution is -0.617. The predicted octanol–water partition coefficient (Wildman–Crippen LogP) is 5.58. The van der Waals surface area contributed by atoms with Gasteiger partial charge in [0.1, 0.15) is 5.52 Å². The van der Waals surface area contributed by atoms with Crippen molar-refractivity contribution in [3.05, 3.63) is 65.9 Å². The summed E-state index contributed by atoms with van der Waals surface area (Å²) < 4.78 is 4.85. The Kier molecular flexibility index (Phi) is 3.31. The standard InChI is InChI=1S/C25H24N3/c1-16-14-15-26-23-19-11-7-10-18(17-8-3-4-9-17)24(19)28-21-13-6-5-12-20(21)27(2)25(28)22(16)23/h5-7,10-15,17H,3-4,8-9H2,1-2H3/q+1. The summed E-state index contributed by atoms with van der Waals surface area (Å²) >= 11 is 0. The van der Waals surface area contributed by atoms with Crippen LogP contribution in [0.4, 0.5) is 0 Å². The third-order valence-electron chi connectivity index (χ3n) is 6.74. The Morgan fingerprint density at radius 1 is 1.00 bits per heavy atom. The van der Waals surface area contributed by atoms with Crippen LogP contribution in [0.5, 0.6) is 0 Å². The molecule has 1 saturated carbocycles. The van der Waals surface area contributed by atoms with Gasteiger partial charge in [-0.1, -0.05) is 37.1 Å². The van der Waals surface area contributed by atoms with Gasteiger partial charge in [0.2, 0.25) is 0 Å². The minimum absolute atomic E-state index is 0.653. The van der Waals surface area contributed by atoms with Crippen LogP contribution in [-0.4, -0.2) is 9.38 Å². The van der Waals surface area contributed by atoms with Crippen LogP contribution in [0.2, 0.25) is 0 Å². The van der Waals surface area contributed by atoms with Crippen LogP contribution >= 0.6 is 0 Å². The van der Waals surface area contributed by atoms with Crippen molar-refractivity contribution < 1.29 is 4.57 Å².